The molecule has 0 aromatic heterocycles. The normalized spacial score (nSPS) is 30.2. The van der Waals surface area contributed by atoms with Crippen LogP contribution in [0.25, 0.3) is 0 Å². The Morgan fingerprint density at radius 3 is 3.07 bits per heavy atom. The van der Waals surface area contributed by atoms with Gasteiger partial charge in [0.1, 0.15) is 0 Å². The second-order valence-corrected chi connectivity index (χ2v) is 5.44. The molecule has 1 fully saturated rings. The third kappa shape index (κ3) is 3.77. The number of hydrogen-bond acceptors (Lipinski definition) is 4. The van der Waals surface area contributed by atoms with Gasteiger partial charge in [-0.1, -0.05) is 6.92 Å². The summed E-state index contributed by atoms with van der Waals surface area (Å²) in [5.41, 5.74) is 0. The van der Waals surface area contributed by atoms with Crippen molar-refractivity contribution < 1.29 is 9.84 Å². The zero-order chi connectivity index (χ0) is 10.4. The van der Waals surface area contributed by atoms with Gasteiger partial charge >= 0.3 is 0 Å². The Balaban J connectivity index is 2.32. The van der Waals surface area contributed by atoms with E-state index in [1.807, 2.05) is 18.8 Å². The van der Waals surface area contributed by atoms with Gasteiger partial charge in [0.05, 0.1) is 6.61 Å². The van der Waals surface area contributed by atoms with Crippen molar-refractivity contribution in [2.75, 3.05) is 26.9 Å². The van der Waals surface area contributed by atoms with E-state index in [0.29, 0.717) is 16.5 Å². The lowest BCUT2D eigenvalue weighted by Gasteiger charge is -2.32. The van der Waals surface area contributed by atoms with Crippen LogP contribution in [0.4, 0.5) is 0 Å². The summed E-state index contributed by atoms with van der Waals surface area (Å²) >= 11 is 1.93. The van der Waals surface area contributed by atoms with Crippen LogP contribution in [0.1, 0.15) is 19.8 Å². The predicted molar refractivity (Wildman–Crippen MR) is 60.8 cm³/mol. The third-order valence-corrected chi connectivity index (χ3v) is 4.13. The van der Waals surface area contributed by atoms with E-state index in [9.17, 15) is 0 Å². The quantitative estimate of drug-likeness (QED) is 0.720. The summed E-state index contributed by atoms with van der Waals surface area (Å²) in [5, 5.41) is 13.2. The van der Waals surface area contributed by atoms with Crippen LogP contribution >= 0.6 is 11.8 Å². The maximum atomic E-state index is 8.83. The number of nitrogens with one attached hydrogen (secondary N) is 1. The molecular weight excluding hydrogens is 198 g/mol. The van der Waals surface area contributed by atoms with Crippen LogP contribution in [0, 0.1) is 0 Å². The van der Waals surface area contributed by atoms with Crippen LogP contribution in [-0.2, 0) is 4.74 Å². The van der Waals surface area contributed by atoms with Gasteiger partial charge in [0.15, 0.2) is 0 Å². The molecule has 3 nitrogen and oxygen atoms in total. The molecule has 0 bridgehead atoms. The molecule has 1 aliphatic heterocycles. The topological polar surface area (TPSA) is 41.5 Å². The van der Waals surface area contributed by atoms with Gasteiger partial charge in [-0.25, -0.2) is 0 Å². The molecule has 0 aromatic carbocycles. The van der Waals surface area contributed by atoms with Gasteiger partial charge in [-0.2, -0.15) is 11.8 Å². The van der Waals surface area contributed by atoms with E-state index in [4.69, 9.17) is 9.84 Å². The Kier molecular flexibility index (Phi) is 5.86. The zero-order valence-corrected chi connectivity index (χ0v) is 9.85. The average molecular weight is 219 g/mol. The molecule has 0 radical (unpaired) electrons. The van der Waals surface area contributed by atoms with Crippen LogP contribution < -0.4 is 5.32 Å². The molecule has 84 valence electrons. The summed E-state index contributed by atoms with van der Waals surface area (Å²) in [6.07, 6.45) is 1.97. The highest BCUT2D eigenvalue weighted by atomic mass is 32.2. The van der Waals surface area contributed by atoms with Crippen molar-refractivity contribution in [2.45, 2.75) is 36.3 Å². The maximum absolute atomic E-state index is 8.83. The first kappa shape index (κ1) is 12.3. The summed E-state index contributed by atoms with van der Waals surface area (Å²) < 4.78 is 5.47. The molecule has 0 aromatic rings. The Hall–Kier alpha value is 0.230. The van der Waals surface area contributed by atoms with E-state index >= 15 is 0 Å². The minimum absolute atomic E-state index is 0.284. The highest BCUT2D eigenvalue weighted by molar-refractivity contribution is 8.00. The molecule has 0 saturated carbocycles. The smallest absolute Gasteiger partial charge is 0.0600 e. The highest BCUT2D eigenvalue weighted by Crippen LogP contribution is 2.26. The second-order valence-electron chi connectivity index (χ2n) is 3.76. The van der Waals surface area contributed by atoms with Crippen molar-refractivity contribution in [3.8, 4) is 0 Å². The number of aliphatic hydroxyl groups is 1. The van der Waals surface area contributed by atoms with Crippen molar-refractivity contribution in [1.82, 2.24) is 5.32 Å². The van der Waals surface area contributed by atoms with Gasteiger partial charge in [0, 0.05) is 29.8 Å². The molecule has 14 heavy (non-hydrogen) atoms. The van der Waals surface area contributed by atoms with E-state index in [-0.39, 0.29) is 6.61 Å². The number of ether oxygens (including phenoxy) is 1. The monoisotopic (exact) mass is 219 g/mol. The molecule has 1 aliphatic rings. The van der Waals surface area contributed by atoms with Crippen molar-refractivity contribution in [2.24, 2.45) is 0 Å². The van der Waals surface area contributed by atoms with Gasteiger partial charge in [-0.3, -0.25) is 0 Å². The lowest BCUT2D eigenvalue weighted by molar-refractivity contribution is 0.0849. The molecule has 1 rings (SSSR count). The average Bonchev–Trinajstić information content (AvgIpc) is 2.19. The SMILES string of the molecule is CNC1CCOCC1SC(C)CCO. The molecule has 0 aliphatic carbocycles. The summed E-state index contributed by atoms with van der Waals surface area (Å²) in [7, 11) is 2.01. The Morgan fingerprint density at radius 2 is 2.43 bits per heavy atom. The molecule has 0 spiro atoms. The first-order chi connectivity index (χ1) is 6.77. The molecule has 4 heteroatoms. The summed E-state index contributed by atoms with van der Waals surface area (Å²) in [5.74, 6) is 0. The van der Waals surface area contributed by atoms with Gasteiger partial charge in [-0.05, 0) is 19.9 Å². The maximum Gasteiger partial charge on any atom is 0.0600 e. The molecular formula is C10H21NO2S. The number of hydrogen-bond donors (Lipinski definition) is 2. The van der Waals surface area contributed by atoms with Gasteiger partial charge in [-0.15, -0.1) is 0 Å². The zero-order valence-electron chi connectivity index (χ0n) is 9.03. The fraction of sp³-hybridized carbons (Fsp3) is 1.00. The largest absolute Gasteiger partial charge is 0.396 e. The molecule has 1 heterocycles. The Bertz CT molecular complexity index is 157. The lowest BCUT2D eigenvalue weighted by atomic mass is 10.1. The van der Waals surface area contributed by atoms with E-state index in [2.05, 4.69) is 12.2 Å². The molecule has 1 saturated heterocycles. The Morgan fingerprint density at radius 1 is 1.64 bits per heavy atom. The molecule has 3 atom stereocenters. The van der Waals surface area contributed by atoms with Gasteiger partial charge < -0.3 is 15.2 Å². The lowest BCUT2D eigenvalue weighted by Crippen LogP contribution is -2.43. The number of aliphatic hydroxyl groups excluding tert-OH is 1. The van der Waals surface area contributed by atoms with Crippen molar-refractivity contribution in [3.05, 3.63) is 0 Å². The van der Waals surface area contributed by atoms with Crippen molar-refractivity contribution >= 4 is 11.8 Å². The van der Waals surface area contributed by atoms with E-state index in [0.717, 1.165) is 26.1 Å². The van der Waals surface area contributed by atoms with E-state index in [1.54, 1.807) is 0 Å². The van der Waals surface area contributed by atoms with Crippen LogP contribution in [0.5, 0.6) is 0 Å². The summed E-state index contributed by atoms with van der Waals surface area (Å²) in [6.45, 7) is 4.16. The number of thioether (sulfide) groups is 1. The van der Waals surface area contributed by atoms with Gasteiger partial charge in [0.25, 0.3) is 0 Å². The summed E-state index contributed by atoms with van der Waals surface area (Å²) in [6, 6.07) is 0.565. The van der Waals surface area contributed by atoms with Gasteiger partial charge in [0.2, 0.25) is 0 Å². The minimum atomic E-state index is 0.284. The molecule has 2 N–H and O–H groups in total. The minimum Gasteiger partial charge on any atom is -0.396 e. The highest BCUT2D eigenvalue weighted by Gasteiger charge is 2.26. The third-order valence-electron chi connectivity index (χ3n) is 2.62. The fourth-order valence-electron chi connectivity index (χ4n) is 1.72. The van der Waals surface area contributed by atoms with Crippen LogP contribution in [0.2, 0.25) is 0 Å². The van der Waals surface area contributed by atoms with Crippen LogP contribution in [0.3, 0.4) is 0 Å². The van der Waals surface area contributed by atoms with E-state index in [1.165, 1.54) is 0 Å². The first-order valence-electron chi connectivity index (χ1n) is 5.29. The molecule has 3 unspecified atom stereocenters. The van der Waals surface area contributed by atoms with Crippen molar-refractivity contribution in [1.29, 1.82) is 0 Å². The Labute approximate surface area is 90.6 Å². The summed E-state index contributed by atoms with van der Waals surface area (Å²) in [4.78, 5) is 0. The molecule has 0 amide bonds. The number of rotatable bonds is 5. The standard InChI is InChI=1S/C10H21NO2S/c1-8(3-5-12)14-10-7-13-6-4-9(10)11-2/h8-12H,3-7H2,1-2H3. The van der Waals surface area contributed by atoms with Crippen molar-refractivity contribution in [3.63, 3.8) is 0 Å². The first-order valence-corrected chi connectivity index (χ1v) is 6.23. The predicted octanol–water partition coefficient (Wildman–Crippen LogP) is 0.867. The van der Waals surface area contributed by atoms with E-state index < -0.39 is 0 Å². The van der Waals surface area contributed by atoms with Crippen LogP contribution in [0.15, 0.2) is 0 Å². The van der Waals surface area contributed by atoms with Crippen LogP contribution in [-0.4, -0.2) is 48.5 Å². The second kappa shape index (κ2) is 6.67. The fourth-order valence-corrected chi connectivity index (χ4v) is 3.20.